The van der Waals surface area contributed by atoms with Crippen molar-refractivity contribution in [3.63, 3.8) is 0 Å². The molecular formula is C17H16N2O2. The summed E-state index contributed by atoms with van der Waals surface area (Å²) in [4.78, 5) is 16.4. The summed E-state index contributed by atoms with van der Waals surface area (Å²) in [5, 5.41) is 11.6. The van der Waals surface area contributed by atoms with Crippen LogP contribution < -0.4 is 5.32 Å². The Morgan fingerprint density at radius 1 is 1.29 bits per heavy atom. The highest BCUT2D eigenvalue weighted by Crippen LogP contribution is 2.17. The molecule has 2 aromatic rings. The third-order valence-corrected chi connectivity index (χ3v) is 2.97. The predicted octanol–water partition coefficient (Wildman–Crippen LogP) is 2.24. The SMILES string of the molecule is CCc1ccccc1NC(=O)c1ncccc1C#CCO. The molecule has 0 unspecified atom stereocenters. The van der Waals surface area contributed by atoms with E-state index in [-0.39, 0.29) is 18.2 Å². The molecule has 21 heavy (non-hydrogen) atoms. The van der Waals surface area contributed by atoms with Gasteiger partial charge in [0.15, 0.2) is 0 Å². The molecular weight excluding hydrogens is 264 g/mol. The van der Waals surface area contributed by atoms with E-state index in [4.69, 9.17) is 5.11 Å². The van der Waals surface area contributed by atoms with Gasteiger partial charge in [-0.15, -0.1) is 0 Å². The van der Waals surface area contributed by atoms with Crippen molar-refractivity contribution in [1.82, 2.24) is 4.98 Å². The van der Waals surface area contributed by atoms with Gasteiger partial charge in [-0.1, -0.05) is 37.0 Å². The molecule has 1 heterocycles. The molecule has 0 aliphatic carbocycles. The standard InChI is InChI=1S/C17H16N2O2/c1-2-13-7-3-4-10-15(13)19-17(21)16-14(9-6-12-20)8-5-11-18-16/h3-5,7-8,10-11,20H,2,12H2,1H3,(H,19,21). The van der Waals surface area contributed by atoms with E-state index >= 15 is 0 Å². The Balaban J connectivity index is 2.29. The molecule has 0 fully saturated rings. The minimum atomic E-state index is -0.307. The van der Waals surface area contributed by atoms with E-state index in [9.17, 15) is 4.79 Å². The largest absolute Gasteiger partial charge is 0.384 e. The molecule has 1 amide bonds. The highest BCUT2D eigenvalue weighted by molar-refractivity contribution is 6.04. The first kappa shape index (κ1) is 14.8. The second-order valence-electron chi connectivity index (χ2n) is 4.32. The number of amides is 1. The van der Waals surface area contributed by atoms with E-state index in [1.807, 2.05) is 31.2 Å². The Kier molecular flexibility index (Phi) is 5.08. The van der Waals surface area contributed by atoms with Gasteiger partial charge in [0.2, 0.25) is 0 Å². The van der Waals surface area contributed by atoms with Crippen LogP contribution in [0.2, 0.25) is 0 Å². The van der Waals surface area contributed by atoms with Crippen LogP contribution >= 0.6 is 0 Å². The van der Waals surface area contributed by atoms with Gasteiger partial charge < -0.3 is 10.4 Å². The Morgan fingerprint density at radius 2 is 2.10 bits per heavy atom. The van der Waals surface area contributed by atoms with Gasteiger partial charge in [-0.25, -0.2) is 4.98 Å². The molecule has 4 heteroatoms. The van der Waals surface area contributed by atoms with E-state index in [2.05, 4.69) is 22.1 Å². The third kappa shape index (κ3) is 3.68. The van der Waals surface area contributed by atoms with Crippen LogP contribution in [0.5, 0.6) is 0 Å². The average Bonchev–Trinajstić information content (AvgIpc) is 2.53. The molecule has 0 aliphatic rings. The maximum Gasteiger partial charge on any atom is 0.275 e. The molecule has 1 aromatic carbocycles. The molecule has 1 aromatic heterocycles. The molecule has 0 saturated heterocycles. The van der Waals surface area contributed by atoms with Crippen molar-refractivity contribution in [2.24, 2.45) is 0 Å². The second kappa shape index (κ2) is 7.22. The van der Waals surface area contributed by atoms with Gasteiger partial charge in [-0.3, -0.25) is 4.79 Å². The smallest absolute Gasteiger partial charge is 0.275 e. The number of anilines is 1. The molecule has 0 spiro atoms. The first-order valence-electron chi connectivity index (χ1n) is 6.70. The number of nitrogens with one attached hydrogen (secondary N) is 1. The lowest BCUT2D eigenvalue weighted by Gasteiger charge is -2.10. The number of hydrogen-bond acceptors (Lipinski definition) is 3. The first-order valence-corrected chi connectivity index (χ1v) is 6.70. The zero-order chi connectivity index (χ0) is 15.1. The number of aryl methyl sites for hydroxylation is 1. The topological polar surface area (TPSA) is 62.2 Å². The third-order valence-electron chi connectivity index (χ3n) is 2.97. The minimum Gasteiger partial charge on any atom is -0.384 e. The maximum atomic E-state index is 12.4. The van der Waals surface area contributed by atoms with Crippen molar-refractivity contribution < 1.29 is 9.90 Å². The van der Waals surface area contributed by atoms with Crippen molar-refractivity contribution in [3.8, 4) is 11.8 Å². The summed E-state index contributed by atoms with van der Waals surface area (Å²) in [6, 6.07) is 11.1. The lowest BCUT2D eigenvalue weighted by atomic mass is 10.1. The summed E-state index contributed by atoms with van der Waals surface area (Å²) < 4.78 is 0. The van der Waals surface area contributed by atoms with Gasteiger partial charge in [0.05, 0.1) is 5.56 Å². The van der Waals surface area contributed by atoms with Gasteiger partial charge in [-0.05, 0) is 30.2 Å². The first-order chi connectivity index (χ1) is 10.3. The quantitative estimate of drug-likeness (QED) is 0.848. The number of nitrogens with zero attached hydrogens (tertiary/aromatic N) is 1. The van der Waals surface area contributed by atoms with Crippen LogP contribution in [0, 0.1) is 11.8 Å². The van der Waals surface area contributed by atoms with Crippen molar-refractivity contribution in [1.29, 1.82) is 0 Å². The summed E-state index contributed by atoms with van der Waals surface area (Å²) in [5.41, 5.74) is 2.59. The van der Waals surface area contributed by atoms with Gasteiger partial charge in [0, 0.05) is 11.9 Å². The van der Waals surface area contributed by atoms with Crippen LogP contribution in [0.4, 0.5) is 5.69 Å². The van der Waals surface area contributed by atoms with E-state index < -0.39 is 0 Å². The highest BCUT2D eigenvalue weighted by atomic mass is 16.2. The molecule has 2 rings (SSSR count). The second-order valence-corrected chi connectivity index (χ2v) is 4.32. The molecule has 0 bridgehead atoms. The van der Waals surface area contributed by atoms with Crippen molar-refractivity contribution >= 4 is 11.6 Å². The number of aliphatic hydroxyl groups is 1. The number of benzene rings is 1. The normalized spacial score (nSPS) is 9.62. The monoisotopic (exact) mass is 280 g/mol. The van der Waals surface area contributed by atoms with Gasteiger partial charge in [-0.2, -0.15) is 0 Å². The summed E-state index contributed by atoms with van der Waals surface area (Å²) in [5.74, 6) is 4.96. The summed E-state index contributed by atoms with van der Waals surface area (Å²) in [6.45, 7) is 1.78. The molecule has 0 saturated carbocycles. The van der Waals surface area contributed by atoms with E-state index in [1.165, 1.54) is 0 Å². The Hall–Kier alpha value is -2.64. The highest BCUT2D eigenvalue weighted by Gasteiger charge is 2.13. The molecule has 2 N–H and O–H groups in total. The number of rotatable bonds is 3. The fraction of sp³-hybridized carbons (Fsp3) is 0.176. The lowest BCUT2D eigenvalue weighted by Crippen LogP contribution is -2.16. The predicted molar refractivity (Wildman–Crippen MR) is 82.0 cm³/mol. The van der Waals surface area contributed by atoms with Crippen LogP contribution in [0.25, 0.3) is 0 Å². The molecule has 0 aliphatic heterocycles. The number of hydrogen-bond donors (Lipinski definition) is 2. The van der Waals surface area contributed by atoms with E-state index in [0.717, 1.165) is 17.7 Å². The van der Waals surface area contributed by atoms with Gasteiger partial charge >= 0.3 is 0 Å². The van der Waals surface area contributed by atoms with Crippen LogP contribution in [-0.4, -0.2) is 22.6 Å². The van der Waals surface area contributed by atoms with Gasteiger partial charge in [0.25, 0.3) is 5.91 Å². The van der Waals surface area contributed by atoms with Crippen LogP contribution in [0.15, 0.2) is 42.6 Å². The molecule has 106 valence electrons. The zero-order valence-electron chi connectivity index (χ0n) is 11.8. The zero-order valence-corrected chi connectivity index (χ0v) is 11.8. The summed E-state index contributed by atoms with van der Waals surface area (Å²) in [6.07, 6.45) is 2.38. The lowest BCUT2D eigenvalue weighted by molar-refractivity contribution is 0.102. The number of pyridine rings is 1. The van der Waals surface area contributed by atoms with Crippen LogP contribution in [0.1, 0.15) is 28.5 Å². The van der Waals surface area contributed by atoms with E-state index in [1.54, 1.807) is 18.3 Å². The Morgan fingerprint density at radius 3 is 2.86 bits per heavy atom. The number of aliphatic hydroxyl groups excluding tert-OH is 1. The number of carbonyl (C=O) groups is 1. The van der Waals surface area contributed by atoms with E-state index in [0.29, 0.717) is 5.56 Å². The fourth-order valence-corrected chi connectivity index (χ4v) is 1.95. The van der Waals surface area contributed by atoms with Crippen LogP contribution in [-0.2, 0) is 6.42 Å². The molecule has 4 nitrogen and oxygen atoms in total. The number of para-hydroxylation sites is 1. The maximum absolute atomic E-state index is 12.4. The Bertz CT molecular complexity index is 699. The number of carbonyl (C=O) groups excluding carboxylic acids is 1. The van der Waals surface area contributed by atoms with Crippen molar-refractivity contribution in [2.75, 3.05) is 11.9 Å². The minimum absolute atomic E-state index is 0.254. The summed E-state index contributed by atoms with van der Waals surface area (Å²) in [7, 11) is 0. The van der Waals surface area contributed by atoms with Gasteiger partial charge in [0.1, 0.15) is 12.3 Å². The molecule has 0 radical (unpaired) electrons. The Labute approximate surface area is 123 Å². The fourth-order valence-electron chi connectivity index (χ4n) is 1.95. The number of aromatic nitrogens is 1. The molecule has 0 atom stereocenters. The average molecular weight is 280 g/mol. The van der Waals surface area contributed by atoms with Crippen molar-refractivity contribution in [2.45, 2.75) is 13.3 Å². The van der Waals surface area contributed by atoms with Crippen molar-refractivity contribution in [3.05, 3.63) is 59.4 Å². The van der Waals surface area contributed by atoms with Crippen LogP contribution in [0.3, 0.4) is 0 Å². The summed E-state index contributed by atoms with van der Waals surface area (Å²) >= 11 is 0.